The number of aromatic hydroxyl groups is 1. The molecule has 0 saturated carbocycles. The summed E-state index contributed by atoms with van der Waals surface area (Å²) in [5, 5.41) is 14.1. The highest BCUT2D eigenvalue weighted by atomic mass is 16.5. The van der Waals surface area contributed by atoms with Crippen LogP contribution in [0.4, 0.5) is 0 Å². The van der Waals surface area contributed by atoms with Crippen molar-refractivity contribution in [1.29, 1.82) is 0 Å². The van der Waals surface area contributed by atoms with Gasteiger partial charge in [0.2, 0.25) is 0 Å². The molecule has 0 spiro atoms. The summed E-state index contributed by atoms with van der Waals surface area (Å²) in [4.78, 5) is 11.7. The quantitative estimate of drug-likeness (QED) is 0.715. The van der Waals surface area contributed by atoms with Crippen LogP contribution < -0.4 is 4.74 Å². The van der Waals surface area contributed by atoms with Gasteiger partial charge in [-0.2, -0.15) is 5.10 Å². The standard InChI is InChI=1S/C19H18N2O4/c1-3-24-19(23)14-11-20-21(12-14)15-5-7-16(8-6-15)25-18-9-4-13(2)10-17(18)22/h4-12,22H,3H2,1-2H3. The summed E-state index contributed by atoms with van der Waals surface area (Å²) < 4.78 is 12.2. The molecule has 0 radical (unpaired) electrons. The van der Waals surface area contributed by atoms with Gasteiger partial charge in [-0.25, -0.2) is 9.48 Å². The van der Waals surface area contributed by atoms with Crippen molar-refractivity contribution in [3.8, 4) is 22.9 Å². The summed E-state index contributed by atoms with van der Waals surface area (Å²) in [6, 6.07) is 12.4. The normalized spacial score (nSPS) is 10.5. The first-order valence-electron chi connectivity index (χ1n) is 7.86. The van der Waals surface area contributed by atoms with Crippen LogP contribution in [0.5, 0.6) is 17.2 Å². The molecular weight excluding hydrogens is 320 g/mol. The van der Waals surface area contributed by atoms with Crippen LogP contribution in [-0.2, 0) is 4.74 Å². The predicted molar refractivity (Wildman–Crippen MR) is 92.4 cm³/mol. The minimum absolute atomic E-state index is 0.0928. The van der Waals surface area contributed by atoms with Crippen LogP contribution in [0.3, 0.4) is 0 Å². The van der Waals surface area contributed by atoms with Crippen LogP contribution >= 0.6 is 0 Å². The lowest BCUT2D eigenvalue weighted by atomic mass is 10.2. The minimum atomic E-state index is -0.399. The average Bonchev–Trinajstić information content (AvgIpc) is 3.08. The van der Waals surface area contributed by atoms with Gasteiger partial charge in [0.25, 0.3) is 0 Å². The monoisotopic (exact) mass is 338 g/mol. The highest BCUT2D eigenvalue weighted by Gasteiger charge is 2.10. The van der Waals surface area contributed by atoms with Gasteiger partial charge in [0, 0.05) is 6.20 Å². The number of aryl methyl sites for hydroxylation is 1. The van der Waals surface area contributed by atoms with Crippen LogP contribution in [0.25, 0.3) is 5.69 Å². The molecule has 2 aromatic carbocycles. The minimum Gasteiger partial charge on any atom is -0.504 e. The van der Waals surface area contributed by atoms with Gasteiger partial charge in [0.05, 0.1) is 24.1 Å². The zero-order valence-corrected chi connectivity index (χ0v) is 14.0. The van der Waals surface area contributed by atoms with E-state index in [1.165, 1.54) is 6.20 Å². The summed E-state index contributed by atoms with van der Waals surface area (Å²) in [5.41, 5.74) is 2.12. The maximum Gasteiger partial charge on any atom is 0.341 e. The Morgan fingerprint density at radius 1 is 1.20 bits per heavy atom. The zero-order chi connectivity index (χ0) is 17.8. The van der Waals surface area contributed by atoms with Gasteiger partial charge in [-0.3, -0.25) is 0 Å². The van der Waals surface area contributed by atoms with Crippen molar-refractivity contribution in [1.82, 2.24) is 9.78 Å². The fourth-order valence-electron chi connectivity index (χ4n) is 2.29. The van der Waals surface area contributed by atoms with Crippen molar-refractivity contribution in [2.45, 2.75) is 13.8 Å². The molecule has 0 bridgehead atoms. The van der Waals surface area contributed by atoms with E-state index in [1.54, 1.807) is 42.1 Å². The summed E-state index contributed by atoms with van der Waals surface area (Å²) in [7, 11) is 0. The number of esters is 1. The molecule has 3 aromatic rings. The molecule has 25 heavy (non-hydrogen) atoms. The van der Waals surface area contributed by atoms with Crippen LogP contribution in [-0.4, -0.2) is 27.5 Å². The van der Waals surface area contributed by atoms with E-state index >= 15 is 0 Å². The smallest absolute Gasteiger partial charge is 0.341 e. The van der Waals surface area contributed by atoms with Crippen molar-refractivity contribution in [3.05, 3.63) is 66.0 Å². The highest BCUT2D eigenvalue weighted by molar-refractivity contribution is 5.88. The Labute approximate surface area is 145 Å². The van der Waals surface area contributed by atoms with Gasteiger partial charge in [-0.05, 0) is 55.8 Å². The molecule has 128 valence electrons. The molecule has 0 fully saturated rings. The molecule has 6 heteroatoms. The maximum absolute atomic E-state index is 11.7. The van der Waals surface area contributed by atoms with E-state index in [0.29, 0.717) is 23.7 Å². The summed E-state index contributed by atoms with van der Waals surface area (Å²) in [5.74, 6) is 0.668. The number of ether oxygens (including phenoxy) is 2. The number of nitrogens with zero attached hydrogens (tertiary/aromatic N) is 2. The molecule has 0 aliphatic carbocycles. The van der Waals surface area contributed by atoms with Gasteiger partial charge in [-0.15, -0.1) is 0 Å². The molecule has 0 amide bonds. The van der Waals surface area contributed by atoms with Crippen molar-refractivity contribution in [2.24, 2.45) is 0 Å². The Hall–Kier alpha value is -3.28. The van der Waals surface area contributed by atoms with E-state index < -0.39 is 5.97 Å². The molecule has 1 aromatic heterocycles. The fourth-order valence-corrected chi connectivity index (χ4v) is 2.29. The lowest BCUT2D eigenvalue weighted by Gasteiger charge is -2.09. The molecule has 1 N–H and O–H groups in total. The highest BCUT2D eigenvalue weighted by Crippen LogP contribution is 2.31. The lowest BCUT2D eigenvalue weighted by molar-refractivity contribution is 0.0526. The molecule has 0 atom stereocenters. The van der Waals surface area contributed by atoms with E-state index in [9.17, 15) is 9.90 Å². The predicted octanol–water partition coefficient (Wildman–Crippen LogP) is 3.86. The van der Waals surface area contributed by atoms with Crippen molar-refractivity contribution in [3.63, 3.8) is 0 Å². The van der Waals surface area contributed by atoms with E-state index in [0.717, 1.165) is 11.3 Å². The van der Waals surface area contributed by atoms with Crippen LogP contribution in [0.15, 0.2) is 54.9 Å². The van der Waals surface area contributed by atoms with Crippen molar-refractivity contribution in [2.75, 3.05) is 6.61 Å². The maximum atomic E-state index is 11.7. The number of carbonyl (C=O) groups excluding carboxylic acids is 1. The average molecular weight is 338 g/mol. The number of carbonyl (C=O) groups is 1. The summed E-state index contributed by atoms with van der Waals surface area (Å²) >= 11 is 0. The van der Waals surface area contributed by atoms with E-state index in [-0.39, 0.29) is 5.75 Å². The largest absolute Gasteiger partial charge is 0.504 e. The summed E-state index contributed by atoms with van der Waals surface area (Å²) in [6.07, 6.45) is 3.08. The van der Waals surface area contributed by atoms with Gasteiger partial charge in [0.15, 0.2) is 11.5 Å². The number of aromatic nitrogens is 2. The molecular formula is C19H18N2O4. The Balaban J connectivity index is 1.75. The first-order chi connectivity index (χ1) is 12.1. The number of hydrogen-bond acceptors (Lipinski definition) is 5. The van der Waals surface area contributed by atoms with Gasteiger partial charge in [0.1, 0.15) is 5.75 Å². The van der Waals surface area contributed by atoms with Gasteiger partial charge >= 0.3 is 5.97 Å². The van der Waals surface area contributed by atoms with Crippen molar-refractivity contribution < 1.29 is 19.4 Å². The van der Waals surface area contributed by atoms with Gasteiger partial charge in [-0.1, -0.05) is 6.07 Å². The van der Waals surface area contributed by atoms with E-state index in [2.05, 4.69) is 5.10 Å². The third-order valence-electron chi connectivity index (χ3n) is 3.54. The molecule has 0 saturated heterocycles. The number of rotatable bonds is 5. The van der Waals surface area contributed by atoms with Crippen molar-refractivity contribution >= 4 is 5.97 Å². The number of hydrogen-bond donors (Lipinski definition) is 1. The molecule has 0 unspecified atom stereocenters. The Morgan fingerprint density at radius 2 is 1.96 bits per heavy atom. The van der Waals surface area contributed by atoms with E-state index in [4.69, 9.17) is 9.47 Å². The first-order valence-corrected chi connectivity index (χ1v) is 7.86. The fraction of sp³-hybridized carbons (Fsp3) is 0.158. The van der Waals surface area contributed by atoms with Crippen LogP contribution in [0, 0.1) is 6.92 Å². The topological polar surface area (TPSA) is 73.6 Å². The second-order valence-electron chi connectivity index (χ2n) is 5.46. The number of phenols is 1. The van der Waals surface area contributed by atoms with Gasteiger partial charge < -0.3 is 14.6 Å². The Morgan fingerprint density at radius 3 is 2.64 bits per heavy atom. The second-order valence-corrected chi connectivity index (χ2v) is 5.46. The molecule has 0 aliphatic rings. The second kappa shape index (κ2) is 7.09. The Bertz CT molecular complexity index is 885. The molecule has 0 aliphatic heterocycles. The molecule has 6 nitrogen and oxygen atoms in total. The SMILES string of the molecule is CCOC(=O)c1cnn(-c2ccc(Oc3ccc(C)cc3O)cc2)c1. The third kappa shape index (κ3) is 3.80. The number of phenolic OH excluding ortho intramolecular Hbond substituents is 1. The van der Waals surface area contributed by atoms with E-state index in [1.807, 2.05) is 25.1 Å². The summed E-state index contributed by atoms with van der Waals surface area (Å²) in [6.45, 7) is 3.97. The lowest BCUT2D eigenvalue weighted by Crippen LogP contribution is -2.03. The first kappa shape index (κ1) is 16.6. The zero-order valence-electron chi connectivity index (χ0n) is 14.0. The third-order valence-corrected chi connectivity index (χ3v) is 3.54. The molecule has 1 heterocycles. The van der Waals surface area contributed by atoms with Crippen LogP contribution in [0.2, 0.25) is 0 Å². The van der Waals surface area contributed by atoms with Crippen LogP contribution in [0.1, 0.15) is 22.8 Å². The number of benzene rings is 2. The molecule has 3 rings (SSSR count). The Kier molecular flexibility index (Phi) is 4.70.